The quantitative estimate of drug-likeness (QED) is 0.139. The lowest BCUT2D eigenvalue weighted by Gasteiger charge is -2.26. The van der Waals surface area contributed by atoms with Crippen molar-refractivity contribution in [2.45, 2.75) is 33.7 Å². The fourth-order valence-corrected chi connectivity index (χ4v) is 4.86. The third-order valence-electron chi connectivity index (χ3n) is 6.93. The van der Waals surface area contributed by atoms with E-state index in [1.54, 1.807) is 24.3 Å². The highest BCUT2D eigenvalue weighted by molar-refractivity contribution is 6.51. The van der Waals surface area contributed by atoms with E-state index in [9.17, 15) is 14.7 Å². The molecule has 0 bridgehead atoms. The Kier molecular flexibility index (Phi) is 7.92. The van der Waals surface area contributed by atoms with Crippen LogP contribution in [0.5, 0.6) is 17.2 Å². The Balaban J connectivity index is 1.62. The van der Waals surface area contributed by atoms with Crippen molar-refractivity contribution in [3.63, 3.8) is 0 Å². The number of aryl methyl sites for hydroxylation is 2. The van der Waals surface area contributed by atoms with E-state index in [2.05, 4.69) is 13.8 Å². The molecule has 1 aliphatic rings. The number of aliphatic hydroxyl groups is 1. The van der Waals surface area contributed by atoms with Gasteiger partial charge in [-0.25, -0.2) is 0 Å². The van der Waals surface area contributed by atoms with Crippen molar-refractivity contribution < 1.29 is 24.2 Å². The van der Waals surface area contributed by atoms with Crippen LogP contribution in [-0.4, -0.2) is 23.4 Å². The van der Waals surface area contributed by atoms with E-state index in [4.69, 9.17) is 9.47 Å². The Morgan fingerprint density at radius 1 is 0.854 bits per heavy atom. The number of nitrogens with zero attached hydrogens (tertiary/aromatic N) is 1. The van der Waals surface area contributed by atoms with Gasteiger partial charge in [0, 0.05) is 11.3 Å². The second kappa shape index (κ2) is 11.7. The zero-order valence-corrected chi connectivity index (χ0v) is 23.6. The maximum atomic E-state index is 13.6. The SMILES string of the molecule is Cc1ccc(N2C(=O)C(=O)/C(=C(/O)c3ccc(OCC(C)C)c(C)c3)C2c2cccc(Oc3ccccc3)c2)cc1. The first kappa shape index (κ1) is 27.7. The van der Waals surface area contributed by atoms with Crippen LogP contribution in [0, 0.1) is 19.8 Å². The number of hydrogen-bond acceptors (Lipinski definition) is 5. The lowest BCUT2D eigenvalue weighted by Crippen LogP contribution is -2.29. The molecule has 1 amide bonds. The van der Waals surface area contributed by atoms with Gasteiger partial charge in [0.2, 0.25) is 0 Å². The largest absolute Gasteiger partial charge is 0.507 e. The lowest BCUT2D eigenvalue weighted by atomic mass is 9.94. The molecule has 5 rings (SSSR count). The normalized spacial score (nSPS) is 16.3. The number of benzene rings is 4. The van der Waals surface area contributed by atoms with Gasteiger partial charge in [0.25, 0.3) is 11.7 Å². The van der Waals surface area contributed by atoms with Crippen LogP contribution in [0.1, 0.15) is 42.1 Å². The Hall–Kier alpha value is -4.84. The maximum Gasteiger partial charge on any atom is 0.300 e. The zero-order valence-electron chi connectivity index (χ0n) is 23.6. The molecule has 208 valence electrons. The number of ketones is 1. The highest BCUT2D eigenvalue weighted by atomic mass is 16.5. The summed E-state index contributed by atoms with van der Waals surface area (Å²) in [6.07, 6.45) is 0. The van der Waals surface area contributed by atoms with Gasteiger partial charge in [-0.3, -0.25) is 14.5 Å². The molecule has 1 heterocycles. The molecule has 41 heavy (non-hydrogen) atoms. The van der Waals surface area contributed by atoms with Crippen molar-refractivity contribution in [3.05, 3.63) is 125 Å². The smallest absolute Gasteiger partial charge is 0.300 e. The first-order valence-electron chi connectivity index (χ1n) is 13.7. The number of amides is 1. The molecule has 1 unspecified atom stereocenters. The summed E-state index contributed by atoms with van der Waals surface area (Å²) < 4.78 is 11.9. The van der Waals surface area contributed by atoms with Gasteiger partial charge in [-0.15, -0.1) is 0 Å². The molecule has 6 heteroatoms. The molecule has 0 saturated carbocycles. The number of anilines is 1. The molecule has 1 aliphatic heterocycles. The molecule has 6 nitrogen and oxygen atoms in total. The van der Waals surface area contributed by atoms with Crippen LogP contribution >= 0.6 is 0 Å². The average molecular weight is 548 g/mol. The van der Waals surface area contributed by atoms with E-state index in [1.165, 1.54) is 4.90 Å². The third-order valence-corrected chi connectivity index (χ3v) is 6.93. The van der Waals surface area contributed by atoms with Crippen molar-refractivity contribution in [1.29, 1.82) is 0 Å². The monoisotopic (exact) mass is 547 g/mol. The van der Waals surface area contributed by atoms with Crippen molar-refractivity contribution in [2.75, 3.05) is 11.5 Å². The number of carbonyl (C=O) groups excluding carboxylic acids is 2. The fraction of sp³-hybridized carbons (Fsp3) is 0.200. The van der Waals surface area contributed by atoms with Gasteiger partial charge in [-0.1, -0.05) is 61.9 Å². The molecule has 4 aromatic rings. The van der Waals surface area contributed by atoms with E-state index >= 15 is 0 Å². The maximum absolute atomic E-state index is 13.6. The standard InChI is InChI=1S/C35H33NO5/c1-22(2)21-40-30-18-15-26(19-24(30)4)33(37)31-32(36(35(39)34(31)38)27-16-13-23(3)14-17-27)25-9-8-12-29(20-25)41-28-10-6-5-7-11-28/h5-20,22,32,37H,21H2,1-4H3/b33-31+. The van der Waals surface area contributed by atoms with Crippen LogP contribution in [0.2, 0.25) is 0 Å². The van der Waals surface area contributed by atoms with Crippen molar-refractivity contribution in [3.8, 4) is 17.2 Å². The Morgan fingerprint density at radius 3 is 2.24 bits per heavy atom. The summed E-state index contributed by atoms with van der Waals surface area (Å²) in [6.45, 7) is 8.55. The minimum absolute atomic E-state index is 0.0164. The summed E-state index contributed by atoms with van der Waals surface area (Å²) in [7, 11) is 0. The lowest BCUT2D eigenvalue weighted by molar-refractivity contribution is -0.132. The minimum Gasteiger partial charge on any atom is -0.507 e. The summed E-state index contributed by atoms with van der Waals surface area (Å²) in [6, 6.07) is 28.4. The molecule has 0 aromatic heterocycles. The van der Waals surface area contributed by atoms with Crippen molar-refractivity contribution in [1.82, 2.24) is 0 Å². The molecule has 1 atom stereocenters. The van der Waals surface area contributed by atoms with Crippen LogP contribution < -0.4 is 14.4 Å². The summed E-state index contributed by atoms with van der Waals surface area (Å²) in [5.41, 5.74) is 3.48. The van der Waals surface area contributed by atoms with E-state index in [0.29, 0.717) is 46.6 Å². The van der Waals surface area contributed by atoms with Gasteiger partial charge in [-0.05, 0) is 85.5 Å². The number of carbonyl (C=O) groups is 2. The van der Waals surface area contributed by atoms with E-state index in [-0.39, 0.29) is 11.3 Å². The van der Waals surface area contributed by atoms with Gasteiger partial charge in [-0.2, -0.15) is 0 Å². The molecule has 0 radical (unpaired) electrons. The number of Topliss-reactive ketones (excluding diaryl/α,β-unsaturated/α-hetero) is 1. The molecular weight excluding hydrogens is 514 g/mol. The van der Waals surface area contributed by atoms with E-state index in [1.807, 2.05) is 86.6 Å². The average Bonchev–Trinajstić information content (AvgIpc) is 3.23. The number of aliphatic hydroxyl groups excluding tert-OH is 1. The summed E-state index contributed by atoms with van der Waals surface area (Å²) in [5, 5.41) is 11.6. The Labute approximate surface area is 240 Å². The highest BCUT2D eigenvalue weighted by Gasteiger charge is 2.47. The van der Waals surface area contributed by atoms with Gasteiger partial charge >= 0.3 is 0 Å². The van der Waals surface area contributed by atoms with E-state index < -0.39 is 17.7 Å². The Morgan fingerprint density at radius 2 is 1.56 bits per heavy atom. The molecule has 0 spiro atoms. The second-order valence-corrected chi connectivity index (χ2v) is 10.7. The van der Waals surface area contributed by atoms with Gasteiger partial charge < -0.3 is 14.6 Å². The number of rotatable bonds is 8. The predicted octanol–water partition coefficient (Wildman–Crippen LogP) is 7.76. The highest BCUT2D eigenvalue weighted by Crippen LogP contribution is 2.43. The first-order chi connectivity index (χ1) is 19.7. The van der Waals surface area contributed by atoms with Crippen LogP contribution in [-0.2, 0) is 9.59 Å². The predicted molar refractivity (Wildman–Crippen MR) is 160 cm³/mol. The molecule has 4 aromatic carbocycles. The third kappa shape index (κ3) is 5.87. The Bertz CT molecular complexity index is 1610. The first-order valence-corrected chi connectivity index (χ1v) is 13.7. The molecule has 0 aliphatic carbocycles. The second-order valence-electron chi connectivity index (χ2n) is 10.7. The zero-order chi connectivity index (χ0) is 29.1. The van der Waals surface area contributed by atoms with E-state index in [0.717, 1.165) is 11.1 Å². The summed E-state index contributed by atoms with van der Waals surface area (Å²) >= 11 is 0. The van der Waals surface area contributed by atoms with Crippen LogP contribution in [0.15, 0.2) is 103 Å². The summed E-state index contributed by atoms with van der Waals surface area (Å²) in [5.74, 6) is 0.581. The molecule has 1 fully saturated rings. The van der Waals surface area contributed by atoms with Crippen LogP contribution in [0.4, 0.5) is 5.69 Å². The van der Waals surface area contributed by atoms with Crippen LogP contribution in [0.25, 0.3) is 5.76 Å². The van der Waals surface area contributed by atoms with Crippen molar-refractivity contribution >= 4 is 23.1 Å². The number of hydrogen-bond donors (Lipinski definition) is 1. The van der Waals surface area contributed by atoms with Gasteiger partial charge in [0.15, 0.2) is 0 Å². The molecule has 1 saturated heterocycles. The van der Waals surface area contributed by atoms with Crippen molar-refractivity contribution in [2.24, 2.45) is 5.92 Å². The molecular formula is C35H33NO5. The summed E-state index contributed by atoms with van der Waals surface area (Å²) in [4.78, 5) is 28.6. The number of ether oxygens (including phenoxy) is 2. The van der Waals surface area contributed by atoms with Gasteiger partial charge in [0.05, 0.1) is 18.2 Å². The van der Waals surface area contributed by atoms with Gasteiger partial charge in [0.1, 0.15) is 23.0 Å². The molecule has 1 N–H and O–H groups in total. The fourth-order valence-electron chi connectivity index (χ4n) is 4.86. The topological polar surface area (TPSA) is 76.1 Å². The minimum atomic E-state index is -0.866. The van der Waals surface area contributed by atoms with Crippen LogP contribution in [0.3, 0.4) is 0 Å². The number of para-hydroxylation sites is 1.